The Morgan fingerprint density at radius 3 is 2.42 bits per heavy atom. The fraction of sp³-hybridized carbons (Fsp3) is 0.464. The van der Waals surface area contributed by atoms with Crippen LogP contribution in [-0.4, -0.2) is 55.0 Å². The predicted octanol–water partition coefficient (Wildman–Crippen LogP) is 5.75. The van der Waals surface area contributed by atoms with E-state index < -0.39 is 31.8 Å². The molecule has 0 aliphatic heterocycles. The fourth-order valence-corrected chi connectivity index (χ4v) is 4.40. The first kappa shape index (κ1) is 29.2. The molecular formula is C28H39N3O6Si. The molecule has 38 heavy (non-hydrogen) atoms. The molecule has 2 heterocycles. The highest BCUT2D eigenvalue weighted by Gasteiger charge is 2.25. The molecule has 0 spiro atoms. The van der Waals surface area contributed by atoms with Gasteiger partial charge in [0, 0.05) is 33.5 Å². The molecule has 0 aliphatic rings. The molecule has 0 aliphatic carbocycles. The van der Waals surface area contributed by atoms with Gasteiger partial charge in [-0.15, -0.1) is 0 Å². The van der Waals surface area contributed by atoms with Crippen molar-refractivity contribution in [2.45, 2.75) is 71.3 Å². The first-order valence-corrected chi connectivity index (χ1v) is 16.4. The zero-order chi connectivity index (χ0) is 27.9. The Bertz CT molecular complexity index is 1230. The van der Waals surface area contributed by atoms with Crippen LogP contribution in [0.4, 0.5) is 4.79 Å². The summed E-state index contributed by atoms with van der Waals surface area (Å²) in [5.41, 5.74) is 0.940. The fourth-order valence-electron chi connectivity index (χ4n) is 3.64. The molecule has 0 saturated carbocycles. The minimum atomic E-state index is -1.14. The molecule has 0 fully saturated rings. The quantitative estimate of drug-likeness (QED) is 0.187. The lowest BCUT2D eigenvalue weighted by molar-refractivity contribution is -0.143. The highest BCUT2D eigenvalue weighted by molar-refractivity contribution is 6.76. The number of ether oxygens (including phenoxy) is 4. The van der Waals surface area contributed by atoms with Crippen LogP contribution < -0.4 is 10.1 Å². The van der Waals surface area contributed by atoms with Gasteiger partial charge in [-0.05, 0) is 56.6 Å². The van der Waals surface area contributed by atoms with Crippen molar-refractivity contribution in [2.75, 3.05) is 13.7 Å². The van der Waals surface area contributed by atoms with E-state index in [1.54, 1.807) is 27.0 Å². The summed E-state index contributed by atoms with van der Waals surface area (Å²) in [6.45, 7) is 13.4. The zero-order valence-electron chi connectivity index (χ0n) is 23.4. The Kier molecular flexibility index (Phi) is 9.56. The number of fused-ring (bicyclic) bond motifs is 1. The number of esters is 1. The Morgan fingerprint density at radius 1 is 1.08 bits per heavy atom. The Hall–Kier alpha value is -3.37. The number of pyridine rings is 1. The van der Waals surface area contributed by atoms with Crippen molar-refractivity contribution in [1.29, 1.82) is 0 Å². The normalized spacial score (nSPS) is 12.7. The maximum Gasteiger partial charge on any atom is 0.408 e. The average molecular weight is 542 g/mol. The van der Waals surface area contributed by atoms with Gasteiger partial charge >= 0.3 is 12.1 Å². The van der Waals surface area contributed by atoms with Gasteiger partial charge in [0.05, 0.1) is 12.5 Å². The van der Waals surface area contributed by atoms with E-state index >= 15 is 0 Å². The molecule has 1 unspecified atom stereocenters. The molecule has 10 heteroatoms. The van der Waals surface area contributed by atoms with Gasteiger partial charge in [0.25, 0.3) is 0 Å². The molecular weight excluding hydrogens is 502 g/mol. The van der Waals surface area contributed by atoms with Gasteiger partial charge in [-0.1, -0.05) is 31.8 Å². The van der Waals surface area contributed by atoms with Crippen LogP contribution in [0.15, 0.2) is 48.8 Å². The zero-order valence-corrected chi connectivity index (χ0v) is 24.4. The molecule has 3 aromatic rings. The maximum atomic E-state index is 12.2. The largest absolute Gasteiger partial charge is 0.467 e. The van der Waals surface area contributed by atoms with E-state index in [1.807, 2.05) is 47.2 Å². The van der Waals surface area contributed by atoms with E-state index in [-0.39, 0.29) is 6.42 Å². The molecule has 0 saturated heterocycles. The Balaban J connectivity index is 1.65. The molecule has 9 nitrogen and oxygen atoms in total. The summed E-state index contributed by atoms with van der Waals surface area (Å²) in [5.74, 6) is 0.766. The summed E-state index contributed by atoms with van der Waals surface area (Å²) in [6, 6.07) is 11.4. The van der Waals surface area contributed by atoms with Gasteiger partial charge in [-0.25, -0.2) is 14.6 Å². The highest BCUT2D eigenvalue weighted by Crippen LogP contribution is 2.30. The lowest BCUT2D eigenvalue weighted by Gasteiger charge is -2.22. The summed E-state index contributed by atoms with van der Waals surface area (Å²) >= 11 is 0. The Labute approximate surface area is 225 Å². The SMILES string of the molecule is COC(=O)C(Cc1ccc(Oc2ccnc3c2ccn3COCC[Si](C)(C)C)cc1)NC(=O)OC(C)(C)C. The number of rotatable bonds is 11. The Morgan fingerprint density at radius 2 is 1.79 bits per heavy atom. The molecule has 0 radical (unpaired) electrons. The van der Waals surface area contributed by atoms with Crippen LogP contribution in [0.1, 0.15) is 26.3 Å². The van der Waals surface area contributed by atoms with E-state index in [9.17, 15) is 9.59 Å². The summed E-state index contributed by atoms with van der Waals surface area (Å²) in [5, 5.41) is 3.48. The molecule has 3 rings (SSSR count). The van der Waals surface area contributed by atoms with Crippen LogP contribution in [0, 0.1) is 0 Å². The average Bonchev–Trinajstić information content (AvgIpc) is 3.24. The first-order chi connectivity index (χ1) is 17.8. The van der Waals surface area contributed by atoms with E-state index in [2.05, 4.69) is 29.9 Å². The number of hydrogen-bond donors (Lipinski definition) is 1. The van der Waals surface area contributed by atoms with Gasteiger partial charge < -0.3 is 28.8 Å². The van der Waals surface area contributed by atoms with Crippen LogP contribution in [0.25, 0.3) is 11.0 Å². The molecule has 1 aromatic carbocycles. The van der Waals surface area contributed by atoms with E-state index in [1.165, 1.54) is 7.11 Å². The van der Waals surface area contributed by atoms with Crippen molar-refractivity contribution in [3.05, 3.63) is 54.4 Å². The monoisotopic (exact) mass is 541 g/mol. The smallest absolute Gasteiger partial charge is 0.408 e. The first-order valence-electron chi connectivity index (χ1n) is 12.7. The van der Waals surface area contributed by atoms with Gasteiger partial charge in [0.1, 0.15) is 35.5 Å². The third-order valence-electron chi connectivity index (χ3n) is 5.62. The number of amides is 1. The van der Waals surface area contributed by atoms with Gasteiger partial charge in [0.2, 0.25) is 0 Å². The third kappa shape index (κ3) is 8.88. The number of nitrogens with one attached hydrogen (secondary N) is 1. The van der Waals surface area contributed by atoms with E-state index in [0.29, 0.717) is 18.2 Å². The van der Waals surface area contributed by atoms with Crippen LogP contribution in [0.3, 0.4) is 0 Å². The number of carbonyl (C=O) groups excluding carboxylic acids is 2. The minimum absolute atomic E-state index is 0.242. The van der Waals surface area contributed by atoms with Crippen molar-refractivity contribution < 1.29 is 28.5 Å². The summed E-state index contributed by atoms with van der Waals surface area (Å²) < 4.78 is 24.1. The minimum Gasteiger partial charge on any atom is -0.467 e. The number of methoxy groups -OCH3 is 1. The van der Waals surface area contributed by atoms with Gasteiger partial charge in [-0.3, -0.25) is 0 Å². The second kappa shape index (κ2) is 12.4. The number of nitrogens with zero attached hydrogens (tertiary/aromatic N) is 2. The second-order valence-corrected chi connectivity index (χ2v) is 17.0. The van der Waals surface area contributed by atoms with E-state index in [0.717, 1.165) is 29.2 Å². The van der Waals surface area contributed by atoms with Crippen LogP contribution in [0.5, 0.6) is 11.5 Å². The lowest BCUT2D eigenvalue weighted by Crippen LogP contribution is -2.45. The summed E-state index contributed by atoms with van der Waals surface area (Å²) in [6.07, 6.45) is 3.23. The summed E-state index contributed by atoms with van der Waals surface area (Å²) in [4.78, 5) is 28.9. The number of aromatic nitrogens is 2. The maximum absolute atomic E-state index is 12.2. The van der Waals surface area contributed by atoms with Crippen molar-refractivity contribution in [3.63, 3.8) is 0 Å². The van der Waals surface area contributed by atoms with Crippen LogP contribution in [-0.2, 0) is 32.2 Å². The number of carbonyl (C=O) groups is 2. The van der Waals surface area contributed by atoms with Crippen LogP contribution in [0.2, 0.25) is 25.7 Å². The molecule has 0 bridgehead atoms. The lowest BCUT2D eigenvalue weighted by atomic mass is 10.1. The molecule has 2 aromatic heterocycles. The van der Waals surface area contributed by atoms with Crippen molar-refractivity contribution in [2.24, 2.45) is 0 Å². The summed E-state index contributed by atoms with van der Waals surface area (Å²) in [7, 11) is 0.144. The number of benzene rings is 1. The van der Waals surface area contributed by atoms with Gasteiger partial charge in [0.15, 0.2) is 0 Å². The standard InChI is InChI=1S/C28H39N3O6Si/c1-28(2,3)37-27(33)30-23(26(32)34-4)18-20-8-10-21(11-9-20)36-24-12-14-29-25-22(24)13-15-31(25)19-35-16-17-38(5,6)7/h8-15,23H,16-19H2,1-7H3,(H,30,33). The van der Waals surface area contributed by atoms with Crippen molar-refractivity contribution >= 4 is 31.2 Å². The predicted molar refractivity (Wildman–Crippen MR) is 149 cm³/mol. The van der Waals surface area contributed by atoms with Crippen molar-refractivity contribution in [1.82, 2.24) is 14.9 Å². The van der Waals surface area contributed by atoms with Gasteiger partial charge in [-0.2, -0.15) is 0 Å². The topological polar surface area (TPSA) is 101 Å². The van der Waals surface area contributed by atoms with Crippen LogP contribution >= 0.6 is 0 Å². The number of hydrogen-bond acceptors (Lipinski definition) is 7. The molecule has 1 atom stereocenters. The van der Waals surface area contributed by atoms with E-state index in [4.69, 9.17) is 18.9 Å². The highest BCUT2D eigenvalue weighted by atomic mass is 28.3. The molecule has 1 amide bonds. The number of alkyl carbamates (subject to hydrolysis) is 1. The molecule has 1 N–H and O–H groups in total. The third-order valence-corrected chi connectivity index (χ3v) is 7.32. The molecule has 206 valence electrons. The van der Waals surface area contributed by atoms with Crippen molar-refractivity contribution in [3.8, 4) is 11.5 Å². The second-order valence-electron chi connectivity index (χ2n) is 11.4.